The molecule has 0 unspecified atom stereocenters. The molecule has 140 valence electrons. The van der Waals surface area contributed by atoms with Crippen LogP contribution in [0.25, 0.3) is 0 Å². The number of carbonyl (C=O) groups excluding carboxylic acids is 1. The SMILES string of the molecule is CCOc1ccc(NS(=O)(=O)c2ccc(OC)c(NC(=O)CC)c2)cc1. The molecule has 0 saturated heterocycles. The Bertz CT molecular complexity index is 864. The third-order valence-electron chi connectivity index (χ3n) is 3.49. The first kappa shape index (κ1) is 19.6. The average Bonchev–Trinajstić information content (AvgIpc) is 2.63. The number of carbonyl (C=O) groups is 1. The van der Waals surface area contributed by atoms with Crippen molar-refractivity contribution in [2.24, 2.45) is 0 Å². The van der Waals surface area contributed by atoms with Crippen LogP contribution in [-0.4, -0.2) is 28.0 Å². The number of nitrogens with one attached hydrogen (secondary N) is 2. The van der Waals surface area contributed by atoms with E-state index in [9.17, 15) is 13.2 Å². The standard InChI is InChI=1S/C18H22N2O5S/c1-4-18(21)19-16-12-15(10-11-17(16)24-3)26(22,23)20-13-6-8-14(9-7-13)25-5-2/h6-12,20H,4-5H2,1-3H3,(H,19,21). The molecule has 7 nitrogen and oxygen atoms in total. The zero-order chi connectivity index (χ0) is 19.2. The molecule has 2 rings (SSSR count). The first-order chi connectivity index (χ1) is 12.4. The number of ether oxygens (including phenoxy) is 2. The van der Waals surface area contributed by atoms with Crippen LogP contribution in [0.15, 0.2) is 47.4 Å². The van der Waals surface area contributed by atoms with Gasteiger partial charge in [-0.2, -0.15) is 0 Å². The molecule has 0 bridgehead atoms. The molecular formula is C18H22N2O5S. The van der Waals surface area contributed by atoms with Crippen LogP contribution < -0.4 is 19.5 Å². The third kappa shape index (κ3) is 4.89. The fourth-order valence-electron chi connectivity index (χ4n) is 2.19. The summed E-state index contributed by atoms with van der Waals surface area (Å²) in [5.41, 5.74) is 0.706. The van der Waals surface area contributed by atoms with Gasteiger partial charge in [-0.15, -0.1) is 0 Å². The van der Waals surface area contributed by atoms with E-state index in [1.807, 2.05) is 6.92 Å². The Labute approximate surface area is 153 Å². The number of anilines is 2. The van der Waals surface area contributed by atoms with Gasteiger partial charge in [0.25, 0.3) is 10.0 Å². The lowest BCUT2D eigenvalue weighted by Crippen LogP contribution is -2.15. The minimum atomic E-state index is -3.83. The molecule has 2 N–H and O–H groups in total. The summed E-state index contributed by atoms with van der Waals surface area (Å²) in [5, 5.41) is 2.64. The van der Waals surface area contributed by atoms with Gasteiger partial charge >= 0.3 is 0 Å². The molecule has 0 radical (unpaired) electrons. The molecule has 0 fully saturated rings. The van der Waals surface area contributed by atoms with Gasteiger partial charge in [0.05, 0.1) is 24.3 Å². The second-order valence-electron chi connectivity index (χ2n) is 5.33. The van der Waals surface area contributed by atoms with E-state index >= 15 is 0 Å². The third-order valence-corrected chi connectivity index (χ3v) is 4.87. The summed E-state index contributed by atoms with van der Waals surface area (Å²) in [6.07, 6.45) is 0.268. The molecule has 0 aliphatic carbocycles. The molecule has 0 heterocycles. The lowest BCUT2D eigenvalue weighted by Gasteiger charge is -2.13. The maximum Gasteiger partial charge on any atom is 0.261 e. The molecule has 8 heteroatoms. The van der Waals surface area contributed by atoms with Gasteiger partial charge in [-0.05, 0) is 49.4 Å². The Kier molecular flexibility index (Phi) is 6.46. The van der Waals surface area contributed by atoms with Crippen LogP contribution in [0.5, 0.6) is 11.5 Å². The number of hydrogen-bond donors (Lipinski definition) is 2. The number of methoxy groups -OCH3 is 1. The van der Waals surface area contributed by atoms with Gasteiger partial charge < -0.3 is 14.8 Å². The highest BCUT2D eigenvalue weighted by molar-refractivity contribution is 7.92. The van der Waals surface area contributed by atoms with E-state index < -0.39 is 10.0 Å². The van der Waals surface area contributed by atoms with Gasteiger partial charge in [0.15, 0.2) is 0 Å². The number of rotatable bonds is 8. The van der Waals surface area contributed by atoms with Gasteiger partial charge in [-0.3, -0.25) is 9.52 Å². The van der Waals surface area contributed by atoms with Crippen LogP contribution in [-0.2, 0) is 14.8 Å². The van der Waals surface area contributed by atoms with Crippen molar-refractivity contribution < 1.29 is 22.7 Å². The Morgan fingerprint density at radius 1 is 1.08 bits per heavy atom. The molecule has 0 spiro atoms. The predicted octanol–water partition coefficient (Wildman–Crippen LogP) is 3.24. The van der Waals surface area contributed by atoms with Gasteiger partial charge in [0, 0.05) is 12.1 Å². The molecule has 0 aliphatic heterocycles. The Morgan fingerprint density at radius 2 is 1.77 bits per heavy atom. The average molecular weight is 378 g/mol. The number of benzene rings is 2. The minimum absolute atomic E-state index is 0.0126. The van der Waals surface area contributed by atoms with Crippen molar-refractivity contribution in [2.75, 3.05) is 23.8 Å². The van der Waals surface area contributed by atoms with Crippen LogP contribution in [0.3, 0.4) is 0 Å². The zero-order valence-corrected chi connectivity index (χ0v) is 15.7. The van der Waals surface area contributed by atoms with Crippen LogP contribution in [0.2, 0.25) is 0 Å². The lowest BCUT2D eigenvalue weighted by molar-refractivity contribution is -0.115. The summed E-state index contributed by atoms with van der Waals surface area (Å²) in [7, 11) is -2.38. The van der Waals surface area contributed by atoms with Crippen molar-refractivity contribution in [1.82, 2.24) is 0 Å². The van der Waals surface area contributed by atoms with Crippen molar-refractivity contribution in [3.63, 3.8) is 0 Å². The lowest BCUT2D eigenvalue weighted by atomic mass is 10.3. The van der Waals surface area contributed by atoms with Gasteiger partial charge in [0.1, 0.15) is 11.5 Å². The molecule has 0 aromatic heterocycles. The van der Waals surface area contributed by atoms with E-state index in [1.165, 1.54) is 25.3 Å². The van der Waals surface area contributed by atoms with E-state index in [2.05, 4.69) is 10.0 Å². The number of hydrogen-bond acceptors (Lipinski definition) is 5. The first-order valence-corrected chi connectivity index (χ1v) is 9.61. The summed E-state index contributed by atoms with van der Waals surface area (Å²) < 4.78 is 38.2. The topological polar surface area (TPSA) is 93.7 Å². The molecule has 26 heavy (non-hydrogen) atoms. The summed E-state index contributed by atoms with van der Waals surface area (Å²) in [6, 6.07) is 10.9. The molecule has 0 saturated carbocycles. The van der Waals surface area contributed by atoms with Crippen molar-refractivity contribution >= 4 is 27.3 Å². The number of sulfonamides is 1. The minimum Gasteiger partial charge on any atom is -0.495 e. The normalized spacial score (nSPS) is 10.9. The zero-order valence-electron chi connectivity index (χ0n) is 14.9. The highest BCUT2D eigenvalue weighted by atomic mass is 32.2. The van der Waals surface area contributed by atoms with Gasteiger partial charge in [-0.1, -0.05) is 6.92 Å². The summed E-state index contributed by atoms with van der Waals surface area (Å²) >= 11 is 0. The second-order valence-corrected chi connectivity index (χ2v) is 7.01. The van der Waals surface area contributed by atoms with E-state index in [4.69, 9.17) is 9.47 Å². The van der Waals surface area contributed by atoms with Crippen LogP contribution in [0.1, 0.15) is 20.3 Å². The molecule has 1 amide bonds. The fraction of sp³-hybridized carbons (Fsp3) is 0.278. The molecule has 2 aromatic carbocycles. The highest BCUT2D eigenvalue weighted by Crippen LogP contribution is 2.29. The van der Waals surface area contributed by atoms with E-state index in [1.54, 1.807) is 31.2 Å². The Morgan fingerprint density at radius 3 is 2.35 bits per heavy atom. The van der Waals surface area contributed by atoms with Crippen molar-refractivity contribution in [1.29, 1.82) is 0 Å². The quantitative estimate of drug-likeness (QED) is 0.735. The smallest absolute Gasteiger partial charge is 0.261 e. The van der Waals surface area contributed by atoms with Crippen molar-refractivity contribution in [3.8, 4) is 11.5 Å². The highest BCUT2D eigenvalue weighted by Gasteiger charge is 2.17. The monoisotopic (exact) mass is 378 g/mol. The maximum atomic E-state index is 12.6. The first-order valence-electron chi connectivity index (χ1n) is 8.13. The second kappa shape index (κ2) is 8.57. The Balaban J connectivity index is 2.27. The summed E-state index contributed by atoms with van der Waals surface area (Å²) in [4.78, 5) is 11.7. The van der Waals surface area contributed by atoms with E-state index in [0.717, 1.165) is 0 Å². The fourth-order valence-corrected chi connectivity index (χ4v) is 3.27. The molecule has 0 atom stereocenters. The van der Waals surface area contributed by atoms with Crippen LogP contribution >= 0.6 is 0 Å². The largest absolute Gasteiger partial charge is 0.495 e. The molecule has 2 aromatic rings. The van der Waals surface area contributed by atoms with E-state index in [0.29, 0.717) is 29.5 Å². The maximum absolute atomic E-state index is 12.6. The van der Waals surface area contributed by atoms with Crippen molar-refractivity contribution in [3.05, 3.63) is 42.5 Å². The van der Waals surface area contributed by atoms with E-state index in [-0.39, 0.29) is 17.2 Å². The summed E-state index contributed by atoms with van der Waals surface area (Å²) in [6.45, 7) is 4.11. The summed E-state index contributed by atoms with van der Waals surface area (Å²) in [5.74, 6) is 0.800. The Hall–Kier alpha value is -2.74. The number of amides is 1. The van der Waals surface area contributed by atoms with Crippen LogP contribution in [0, 0.1) is 0 Å². The van der Waals surface area contributed by atoms with Gasteiger partial charge in [-0.25, -0.2) is 8.42 Å². The molecule has 0 aliphatic rings. The van der Waals surface area contributed by atoms with Crippen LogP contribution in [0.4, 0.5) is 11.4 Å². The van der Waals surface area contributed by atoms with Gasteiger partial charge in [0.2, 0.25) is 5.91 Å². The predicted molar refractivity (Wildman–Crippen MR) is 100 cm³/mol. The molecular weight excluding hydrogens is 356 g/mol. The van der Waals surface area contributed by atoms with Crippen molar-refractivity contribution in [2.45, 2.75) is 25.2 Å².